The number of fused-ring (bicyclic) bond motifs is 1. The van der Waals surface area contributed by atoms with Crippen molar-refractivity contribution in [3.05, 3.63) is 21.4 Å². The molecule has 0 N–H and O–H groups in total. The quantitative estimate of drug-likeness (QED) is 0.579. The molecule has 0 amide bonds. The van der Waals surface area contributed by atoms with Crippen LogP contribution >= 0.6 is 11.3 Å². The predicted octanol–water partition coefficient (Wildman–Crippen LogP) is 2.58. The molecule has 0 unspecified atom stereocenters. The van der Waals surface area contributed by atoms with Crippen LogP contribution < -0.4 is 0 Å². The van der Waals surface area contributed by atoms with Crippen molar-refractivity contribution in [2.45, 2.75) is 26.2 Å². The van der Waals surface area contributed by atoms with Crippen LogP contribution in [0.25, 0.3) is 0 Å². The molecule has 0 radical (unpaired) electrons. The van der Waals surface area contributed by atoms with E-state index >= 15 is 0 Å². The third kappa shape index (κ3) is 1.02. The van der Waals surface area contributed by atoms with Gasteiger partial charge < -0.3 is 0 Å². The molecule has 1 aromatic heterocycles. The van der Waals surface area contributed by atoms with E-state index in [-0.39, 0.29) is 0 Å². The maximum absolute atomic E-state index is 11.3. The van der Waals surface area contributed by atoms with Gasteiger partial charge >= 0.3 is 0 Å². The highest BCUT2D eigenvalue weighted by atomic mass is 32.1. The second-order valence-corrected chi connectivity index (χ2v) is 3.88. The predicted molar refractivity (Wildman–Crippen MR) is 46.3 cm³/mol. The van der Waals surface area contributed by atoms with E-state index in [1.165, 1.54) is 11.1 Å². The van der Waals surface area contributed by atoms with Crippen molar-refractivity contribution in [1.82, 2.24) is 0 Å². The van der Waals surface area contributed by atoms with Crippen LogP contribution in [0.15, 0.2) is 5.38 Å². The summed E-state index contributed by atoms with van der Waals surface area (Å²) in [4.78, 5) is 12.3. The highest BCUT2D eigenvalue weighted by Gasteiger charge is 2.19. The Hall–Kier alpha value is -0.630. The van der Waals surface area contributed by atoms with E-state index in [4.69, 9.17) is 0 Å². The van der Waals surface area contributed by atoms with Gasteiger partial charge in [-0.3, -0.25) is 4.79 Å². The van der Waals surface area contributed by atoms with Crippen LogP contribution in [0.1, 0.15) is 33.6 Å². The topological polar surface area (TPSA) is 17.1 Å². The molecular weight excluding hydrogens is 156 g/mol. The van der Waals surface area contributed by atoms with Gasteiger partial charge in [0.2, 0.25) is 0 Å². The fourth-order valence-corrected chi connectivity index (χ4v) is 2.63. The van der Waals surface area contributed by atoms with Crippen LogP contribution in [0.3, 0.4) is 0 Å². The number of thiophene rings is 1. The zero-order chi connectivity index (χ0) is 7.84. The molecule has 0 saturated carbocycles. The summed E-state index contributed by atoms with van der Waals surface area (Å²) in [6.07, 6.45) is 2.91. The van der Waals surface area contributed by atoms with Crippen LogP contribution in [0.5, 0.6) is 0 Å². The van der Waals surface area contributed by atoms with Crippen molar-refractivity contribution in [1.29, 1.82) is 0 Å². The lowest BCUT2D eigenvalue weighted by Crippen LogP contribution is -2.07. The first-order chi connectivity index (χ1) is 5.29. The highest BCUT2D eigenvalue weighted by molar-refractivity contribution is 7.12. The van der Waals surface area contributed by atoms with Gasteiger partial charge in [0.25, 0.3) is 0 Å². The molecule has 0 bridgehead atoms. The molecule has 0 aromatic carbocycles. The first kappa shape index (κ1) is 7.04. The first-order valence-electron chi connectivity index (χ1n) is 3.89. The van der Waals surface area contributed by atoms with Gasteiger partial charge in [0, 0.05) is 6.42 Å². The molecule has 0 aliphatic heterocycles. The SMILES string of the molecule is Cc1csc2c1CCCC2=O. The molecule has 1 nitrogen and oxygen atoms in total. The van der Waals surface area contributed by atoms with Gasteiger partial charge in [-0.1, -0.05) is 0 Å². The summed E-state index contributed by atoms with van der Waals surface area (Å²) >= 11 is 1.61. The Morgan fingerprint density at radius 2 is 2.27 bits per heavy atom. The Labute approximate surface area is 70.1 Å². The summed E-state index contributed by atoms with van der Waals surface area (Å²) in [6.45, 7) is 2.09. The molecule has 2 heteroatoms. The van der Waals surface area contributed by atoms with Crippen LogP contribution in [-0.2, 0) is 6.42 Å². The second kappa shape index (κ2) is 2.45. The Bertz CT molecular complexity index is 299. The monoisotopic (exact) mass is 166 g/mol. The lowest BCUT2D eigenvalue weighted by Gasteiger charge is -2.09. The molecule has 0 saturated heterocycles. The minimum atomic E-state index is 0.351. The van der Waals surface area contributed by atoms with Crippen LogP contribution in [-0.4, -0.2) is 5.78 Å². The van der Waals surface area contributed by atoms with Gasteiger partial charge in [-0.15, -0.1) is 11.3 Å². The smallest absolute Gasteiger partial charge is 0.173 e. The van der Waals surface area contributed by atoms with Crippen molar-refractivity contribution in [2.75, 3.05) is 0 Å². The van der Waals surface area contributed by atoms with Gasteiger partial charge in [-0.25, -0.2) is 0 Å². The maximum Gasteiger partial charge on any atom is 0.173 e. The number of hydrogen-bond acceptors (Lipinski definition) is 2. The average molecular weight is 166 g/mol. The first-order valence-corrected chi connectivity index (χ1v) is 4.77. The Morgan fingerprint density at radius 3 is 3.00 bits per heavy atom. The second-order valence-electron chi connectivity index (χ2n) is 3.00. The van der Waals surface area contributed by atoms with E-state index in [0.717, 1.165) is 24.1 Å². The zero-order valence-electron chi connectivity index (χ0n) is 6.52. The summed E-state index contributed by atoms with van der Waals surface area (Å²) in [5, 5.41) is 2.09. The Balaban J connectivity index is 2.55. The van der Waals surface area contributed by atoms with E-state index in [0.29, 0.717) is 5.78 Å². The number of carbonyl (C=O) groups is 1. The number of carbonyl (C=O) groups excluding carboxylic acids is 1. The maximum atomic E-state index is 11.3. The van der Waals surface area contributed by atoms with Crippen molar-refractivity contribution >= 4 is 17.1 Å². The summed E-state index contributed by atoms with van der Waals surface area (Å²) < 4.78 is 0. The van der Waals surface area contributed by atoms with Gasteiger partial charge in [-0.05, 0) is 36.3 Å². The standard InChI is InChI=1S/C9H10OS/c1-6-5-11-9-7(6)3-2-4-8(9)10/h5H,2-4H2,1H3. The number of aryl methyl sites for hydroxylation is 1. The zero-order valence-corrected chi connectivity index (χ0v) is 7.33. The molecule has 1 aromatic rings. The number of rotatable bonds is 0. The molecule has 0 atom stereocenters. The van der Waals surface area contributed by atoms with Gasteiger partial charge in [0.1, 0.15) is 0 Å². The number of Topliss-reactive ketones (excluding diaryl/α,β-unsaturated/α-hetero) is 1. The molecule has 0 fully saturated rings. The number of hydrogen-bond donors (Lipinski definition) is 0. The van der Waals surface area contributed by atoms with Crippen LogP contribution in [0, 0.1) is 6.92 Å². The van der Waals surface area contributed by atoms with Gasteiger partial charge in [0.05, 0.1) is 4.88 Å². The van der Waals surface area contributed by atoms with E-state index in [9.17, 15) is 4.79 Å². The molecule has 1 aliphatic carbocycles. The highest BCUT2D eigenvalue weighted by Crippen LogP contribution is 2.29. The lowest BCUT2D eigenvalue weighted by atomic mass is 9.96. The fraction of sp³-hybridized carbons (Fsp3) is 0.444. The van der Waals surface area contributed by atoms with Crippen molar-refractivity contribution < 1.29 is 4.79 Å². The largest absolute Gasteiger partial charge is 0.293 e. The third-order valence-corrected chi connectivity index (χ3v) is 3.37. The van der Waals surface area contributed by atoms with Crippen molar-refractivity contribution in [2.24, 2.45) is 0 Å². The van der Waals surface area contributed by atoms with E-state index in [2.05, 4.69) is 12.3 Å². The molecule has 1 heterocycles. The van der Waals surface area contributed by atoms with Crippen LogP contribution in [0.2, 0.25) is 0 Å². The van der Waals surface area contributed by atoms with E-state index in [1.54, 1.807) is 11.3 Å². The summed E-state index contributed by atoms with van der Waals surface area (Å²) in [5.41, 5.74) is 2.62. The minimum Gasteiger partial charge on any atom is -0.293 e. The molecule has 11 heavy (non-hydrogen) atoms. The summed E-state index contributed by atoms with van der Waals surface area (Å²) in [5.74, 6) is 0.351. The fourth-order valence-electron chi connectivity index (χ4n) is 1.55. The molecule has 0 spiro atoms. The summed E-state index contributed by atoms with van der Waals surface area (Å²) in [6, 6.07) is 0. The van der Waals surface area contributed by atoms with Crippen molar-refractivity contribution in [3.63, 3.8) is 0 Å². The van der Waals surface area contributed by atoms with E-state index < -0.39 is 0 Å². The molecule has 1 aliphatic rings. The Morgan fingerprint density at radius 1 is 1.45 bits per heavy atom. The van der Waals surface area contributed by atoms with Crippen molar-refractivity contribution in [3.8, 4) is 0 Å². The summed E-state index contributed by atoms with van der Waals surface area (Å²) in [7, 11) is 0. The minimum absolute atomic E-state index is 0.351. The number of ketones is 1. The molecular formula is C9H10OS. The van der Waals surface area contributed by atoms with E-state index in [1.807, 2.05) is 0 Å². The molecule has 58 valence electrons. The van der Waals surface area contributed by atoms with Gasteiger partial charge in [0.15, 0.2) is 5.78 Å². The van der Waals surface area contributed by atoms with Gasteiger partial charge in [-0.2, -0.15) is 0 Å². The Kier molecular flexibility index (Phi) is 1.57. The van der Waals surface area contributed by atoms with Crippen LogP contribution in [0.4, 0.5) is 0 Å². The lowest BCUT2D eigenvalue weighted by molar-refractivity contribution is 0.0977. The average Bonchev–Trinajstić information content (AvgIpc) is 2.35. The normalized spacial score (nSPS) is 16.6. The molecule has 2 rings (SSSR count). The third-order valence-electron chi connectivity index (χ3n) is 2.19.